The number of hydrogen-bond donors (Lipinski definition) is 1. The van der Waals surface area contributed by atoms with E-state index >= 15 is 0 Å². The Kier molecular flexibility index (Phi) is 5.95. The summed E-state index contributed by atoms with van der Waals surface area (Å²) in [5.74, 6) is 0.629. The van der Waals surface area contributed by atoms with Crippen LogP contribution in [0.1, 0.15) is 25.1 Å². The van der Waals surface area contributed by atoms with Crippen molar-refractivity contribution in [2.75, 3.05) is 6.26 Å². The smallest absolute Gasteiger partial charge is 0.175 e. The first-order chi connectivity index (χ1) is 15.4. The third kappa shape index (κ3) is 4.74. The zero-order valence-corrected chi connectivity index (χ0v) is 20.4. The molecule has 0 bridgehead atoms. The van der Waals surface area contributed by atoms with E-state index < -0.39 is 15.4 Å². The largest absolute Gasteiger partial charge is 0.384 e. The third-order valence-electron chi connectivity index (χ3n) is 5.51. The molecule has 0 aliphatic heterocycles. The van der Waals surface area contributed by atoms with Gasteiger partial charge in [-0.2, -0.15) is 0 Å². The first-order valence-corrected chi connectivity index (χ1v) is 12.7. The van der Waals surface area contributed by atoms with Crippen LogP contribution in [-0.2, 0) is 15.4 Å². The molecule has 0 amide bonds. The van der Waals surface area contributed by atoms with Crippen LogP contribution in [0.2, 0.25) is 5.02 Å². The van der Waals surface area contributed by atoms with Gasteiger partial charge in [-0.3, -0.25) is 4.57 Å². The van der Waals surface area contributed by atoms with Gasteiger partial charge in [-0.1, -0.05) is 41.9 Å². The SMILES string of the molecule is Cc1cc(-n2cc(C(C)(C)O)nc2-c2ccccc2Cl)ccc1-c1cccc(S(C)(=O)=O)c1. The highest BCUT2D eigenvalue weighted by molar-refractivity contribution is 7.90. The molecule has 0 saturated carbocycles. The number of aromatic nitrogens is 2. The van der Waals surface area contributed by atoms with Crippen molar-refractivity contribution in [1.29, 1.82) is 0 Å². The molecule has 0 unspecified atom stereocenters. The van der Waals surface area contributed by atoms with Crippen molar-refractivity contribution in [2.24, 2.45) is 0 Å². The van der Waals surface area contributed by atoms with Gasteiger partial charge in [0.15, 0.2) is 9.84 Å². The monoisotopic (exact) mass is 480 g/mol. The predicted molar refractivity (Wildman–Crippen MR) is 133 cm³/mol. The van der Waals surface area contributed by atoms with Gasteiger partial charge in [-0.15, -0.1) is 0 Å². The molecule has 1 heterocycles. The number of halogens is 1. The first kappa shape index (κ1) is 23.2. The van der Waals surface area contributed by atoms with Gasteiger partial charge >= 0.3 is 0 Å². The molecule has 0 saturated heterocycles. The fourth-order valence-electron chi connectivity index (χ4n) is 3.72. The van der Waals surface area contributed by atoms with Crippen LogP contribution in [-0.4, -0.2) is 29.3 Å². The van der Waals surface area contributed by atoms with E-state index in [1.807, 2.05) is 66.2 Å². The molecule has 4 rings (SSSR count). The summed E-state index contributed by atoms with van der Waals surface area (Å²) in [6.07, 6.45) is 3.02. The van der Waals surface area contributed by atoms with Crippen LogP contribution >= 0.6 is 11.6 Å². The van der Waals surface area contributed by atoms with Crippen LogP contribution in [0.25, 0.3) is 28.2 Å². The molecule has 170 valence electrons. The number of benzene rings is 3. The van der Waals surface area contributed by atoms with Crippen molar-refractivity contribution in [3.8, 4) is 28.2 Å². The van der Waals surface area contributed by atoms with Gasteiger partial charge in [0.2, 0.25) is 0 Å². The van der Waals surface area contributed by atoms with Gasteiger partial charge in [-0.25, -0.2) is 13.4 Å². The number of nitrogens with zero attached hydrogens (tertiary/aromatic N) is 2. The van der Waals surface area contributed by atoms with Crippen molar-refractivity contribution in [1.82, 2.24) is 9.55 Å². The average molecular weight is 481 g/mol. The molecule has 0 fully saturated rings. The van der Waals surface area contributed by atoms with E-state index in [1.54, 1.807) is 32.0 Å². The molecule has 0 atom stereocenters. The Bertz CT molecular complexity index is 1450. The van der Waals surface area contributed by atoms with Gasteiger partial charge in [0, 0.05) is 23.7 Å². The Hall–Kier alpha value is -2.93. The zero-order chi connectivity index (χ0) is 24.0. The van der Waals surface area contributed by atoms with Crippen LogP contribution in [0.15, 0.2) is 77.8 Å². The Balaban J connectivity index is 1.85. The number of aliphatic hydroxyl groups is 1. The highest BCUT2D eigenvalue weighted by atomic mass is 35.5. The molecule has 0 aliphatic rings. The van der Waals surface area contributed by atoms with Crippen LogP contribution in [0.5, 0.6) is 0 Å². The fourth-order valence-corrected chi connectivity index (χ4v) is 4.61. The molecule has 1 N–H and O–H groups in total. The summed E-state index contributed by atoms with van der Waals surface area (Å²) in [5.41, 5.74) is 3.76. The lowest BCUT2D eigenvalue weighted by molar-refractivity contribution is 0.0743. The second-order valence-corrected chi connectivity index (χ2v) is 11.1. The summed E-state index contributed by atoms with van der Waals surface area (Å²) in [7, 11) is -3.30. The molecule has 0 spiro atoms. The maximum absolute atomic E-state index is 12.0. The summed E-state index contributed by atoms with van der Waals surface area (Å²) < 4.78 is 25.9. The molecule has 1 aromatic heterocycles. The second-order valence-electron chi connectivity index (χ2n) is 8.66. The summed E-state index contributed by atoms with van der Waals surface area (Å²) >= 11 is 6.46. The van der Waals surface area contributed by atoms with Crippen molar-refractivity contribution in [3.63, 3.8) is 0 Å². The highest BCUT2D eigenvalue weighted by Crippen LogP contribution is 2.33. The highest BCUT2D eigenvalue weighted by Gasteiger charge is 2.24. The minimum Gasteiger partial charge on any atom is -0.384 e. The average Bonchev–Trinajstić information content (AvgIpc) is 3.19. The van der Waals surface area contributed by atoms with E-state index in [2.05, 4.69) is 0 Å². The lowest BCUT2D eigenvalue weighted by Gasteiger charge is -2.13. The normalized spacial score (nSPS) is 12.2. The molecule has 0 aliphatic carbocycles. The molecule has 33 heavy (non-hydrogen) atoms. The number of sulfone groups is 1. The maximum atomic E-state index is 12.0. The number of hydrogen-bond acceptors (Lipinski definition) is 4. The van der Waals surface area contributed by atoms with E-state index in [-0.39, 0.29) is 4.90 Å². The van der Waals surface area contributed by atoms with Crippen molar-refractivity contribution in [2.45, 2.75) is 31.3 Å². The summed E-state index contributed by atoms with van der Waals surface area (Å²) in [5, 5.41) is 11.1. The van der Waals surface area contributed by atoms with Crippen LogP contribution in [0.4, 0.5) is 0 Å². The van der Waals surface area contributed by atoms with Crippen molar-refractivity contribution < 1.29 is 13.5 Å². The van der Waals surface area contributed by atoms with E-state index in [9.17, 15) is 13.5 Å². The second kappa shape index (κ2) is 8.45. The van der Waals surface area contributed by atoms with Crippen LogP contribution < -0.4 is 0 Å². The van der Waals surface area contributed by atoms with Gasteiger partial charge in [0.25, 0.3) is 0 Å². The summed E-state index contributed by atoms with van der Waals surface area (Å²) in [4.78, 5) is 4.99. The standard InChI is InChI=1S/C26H25ClN2O3S/c1-17-14-19(12-13-21(17)18-8-7-9-20(15-18)33(4,31)32)29-16-24(26(2,3)30)28-25(29)22-10-5-6-11-23(22)27/h5-16,30H,1-4H3. The lowest BCUT2D eigenvalue weighted by atomic mass is 10.00. The van der Waals surface area contributed by atoms with Crippen LogP contribution in [0.3, 0.4) is 0 Å². The minimum absolute atomic E-state index is 0.286. The van der Waals surface area contributed by atoms with E-state index in [0.717, 1.165) is 27.9 Å². The number of aryl methyl sites for hydroxylation is 1. The maximum Gasteiger partial charge on any atom is 0.175 e. The Morgan fingerprint density at radius 3 is 2.33 bits per heavy atom. The summed E-state index contributed by atoms with van der Waals surface area (Å²) in [6.45, 7) is 5.37. The predicted octanol–water partition coefficient (Wildman–Crippen LogP) is 5.80. The Morgan fingerprint density at radius 1 is 0.970 bits per heavy atom. The van der Waals surface area contributed by atoms with Gasteiger partial charge in [0.1, 0.15) is 11.4 Å². The fraction of sp³-hybridized carbons (Fsp3) is 0.192. The topological polar surface area (TPSA) is 72.2 Å². The Morgan fingerprint density at radius 2 is 1.70 bits per heavy atom. The molecule has 0 radical (unpaired) electrons. The van der Waals surface area contributed by atoms with E-state index in [0.29, 0.717) is 16.5 Å². The van der Waals surface area contributed by atoms with Crippen molar-refractivity contribution in [3.05, 3.63) is 89.2 Å². The van der Waals surface area contributed by atoms with Crippen molar-refractivity contribution >= 4 is 21.4 Å². The molecule has 7 heteroatoms. The molecular formula is C26H25ClN2O3S. The van der Waals surface area contributed by atoms with Gasteiger partial charge in [-0.05, 0) is 73.9 Å². The van der Waals surface area contributed by atoms with Crippen LogP contribution in [0, 0.1) is 6.92 Å². The van der Waals surface area contributed by atoms with Gasteiger partial charge < -0.3 is 5.11 Å². The Labute approximate surface area is 199 Å². The minimum atomic E-state index is -3.30. The number of rotatable bonds is 5. The molecule has 3 aromatic carbocycles. The quantitative estimate of drug-likeness (QED) is 0.392. The van der Waals surface area contributed by atoms with E-state index in [4.69, 9.17) is 16.6 Å². The van der Waals surface area contributed by atoms with E-state index in [1.165, 1.54) is 6.26 Å². The third-order valence-corrected chi connectivity index (χ3v) is 6.95. The first-order valence-electron chi connectivity index (χ1n) is 10.4. The summed E-state index contributed by atoms with van der Waals surface area (Å²) in [6, 6.07) is 20.3. The molecule has 5 nitrogen and oxygen atoms in total. The molecule has 4 aromatic rings. The van der Waals surface area contributed by atoms with Gasteiger partial charge in [0.05, 0.1) is 15.6 Å². The number of imidazole rings is 1. The molecular weight excluding hydrogens is 456 g/mol. The zero-order valence-electron chi connectivity index (χ0n) is 18.9. The lowest BCUT2D eigenvalue weighted by Crippen LogP contribution is -2.15.